The fourth-order valence-electron chi connectivity index (χ4n) is 4.68. The Bertz CT molecular complexity index is 750. The summed E-state index contributed by atoms with van der Waals surface area (Å²) in [6.45, 7) is 5.63. The quantitative estimate of drug-likeness (QED) is 0.843. The van der Waals surface area contributed by atoms with E-state index in [0.717, 1.165) is 38.2 Å². The summed E-state index contributed by atoms with van der Waals surface area (Å²) in [7, 11) is 1.63. The average molecular weight is 368 g/mol. The number of hydrogen-bond acceptors (Lipinski definition) is 5. The lowest BCUT2D eigenvalue weighted by Crippen LogP contribution is -2.28. The topological polar surface area (TPSA) is 54.8 Å². The van der Waals surface area contributed by atoms with E-state index in [0.29, 0.717) is 29.4 Å². The molecular weight excluding hydrogens is 340 g/mol. The summed E-state index contributed by atoms with van der Waals surface area (Å²) in [4.78, 5) is 6.81. The monoisotopic (exact) mass is 368 g/mol. The summed E-state index contributed by atoms with van der Waals surface area (Å²) in [5.41, 5.74) is 1.29. The summed E-state index contributed by atoms with van der Waals surface area (Å²) in [5, 5.41) is 9.46. The molecule has 4 atom stereocenters. The van der Waals surface area contributed by atoms with Crippen molar-refractivity contribution in [2.45, 2.75) is 31.8 Å². The number of fused-ring (bicyclic) bond motifs is 1. The van der Waals surface area contributed by atoms with Gasteiger partial charge in [0, 0.05) is 25.8 Å². The van der Waals surface area contributed by atoms with Crippen LogP contribution >= 0.6 is 0 Å². The van der Waals surface area contributed by atoms with Gasteiger partial charge in [0.15, 0.2) is 5.75 Å². The molecule has 4 rings (SSSR count). The van der Waals surface area contributed by atoms with Crippen molar-refractivity contribution in [1.82, 2.24) is 9.88 Å². The number of phenols is 1. The number of rotatable bonds is 6. The van der Waals surface area contributed by atoms with E-state index >= 15 is 0 Å². The van der Waals surface area contributed by atoms with Crippen LogP contribution in [-0.4, -0.2) is 47.8 Å². The van der Waals surface area contributed by atoms with Crippen LogP contribution in [0, 0.1) is 11.8 Å². The summed E-state index contributed by atoms with van der Waals surface area (Å²) in [6.07, 6.45) is 4.19. The molecule has 1 saturated heterocycles. The molecule has 1 N–H and O–H groups in total. The van der Waals surface area contributed by atoms with E-state index in [-0.39, 0.29) is 6.10 Å². The Balaban J connectivity index is 1.30. The van der Waals surface area contributed by atoms with Crippen molar-refractivity contribution >= 4 is 0 Å². The first kappa shape index (κ1) is 18.1. The van der Waals surface area contributed by atoms with Gasteiger partial charge in [0.1, 0.15) is 5.75 Å². The first-order valence-corrected chi connectivity index (χ1v) is 9.79. The van der Waals surface area contributed by atoms with Gasteiger partial charge in [0.05, 0.1) is 13.2 Å². The molecule has 27 heavy (non-hydrogen) atoms. The maximum absolute atomic E-state index is 9.46. The van der Waals surface area contributed by atoms with Crippen LogP contribution in [0.25, 0.3) is 0 Å². The molecule has 0 bridgehead atoms. The Morgan fingerprint density at radius 2 is 1.85 bits per heavy atom. The molecule has 2 fully saturated rings. The molecule has 1 saturated carbocycles. The Morgan fingerprint density at radius 1 is 1.15 bits per heavy atom. The van der Waals surface area contributed by atoms with Gasteiger partial charge < -0.3 is 19.5 Å². The molecule has 5 heteroatoms. The van der Waals surface area contributed by atoms with Gasteiger partial charge in [0.2, 0.25) is 0 Å². The Morgan fingerprint density at radius 3 is 2.52 bits per heavy atom. The van der Waals surface area contributed by atoms with Crippen molar-refractivity contribution in [3.05, 3.63) is 48.2 Å². The first-order chi connectivity index (χ1) is 13.1. The van der Waals surface area contributed by atoms with E-state index < -0.39 is 0 Å². The maximum atomic E-state index is 9.46. The van der Waals surface area contributed by atoms with Gasteiger partial charge in [-0.15, -0.1) is 0 Å². The van der Waals surface area contributed by atoms with E-state index in [2.05, 4.69) is 16.8 Å². The van der Waals surface area contributed by atoms with Crippen molar-refractivity contribution in [3.63, 3.8) is 0 Å². The molecule has 2 aliphatic rings. The van der Waals surface area contributed by atoms with Gasteiger partial charge in [-0.25, -0.2) is 4.98 Å². The molecule has 0 spiro atoms. The van der Waals surface area contributed by atoms with E-state index in [9.17, 15) is 5.11 Å². The molecule has 1 aliphatic carbocycles. The molecule has 2 unspecified atom stereocenters. The summed E-state index contributed by atoms with van der Waals surface area (Å²) in [5.74, 6) is 3.55. The summed E-state index contributed by atoms with van der Waals surface area (Å²) < 4.78 is 11.5. The number of aromatic nitrogens is 1. The zero-order chi connectivity index (χ0) is 18.8. The fourth-order valence-corrected chi connectivity index (χ4v) is 4.68. The lowest BCUT2D eigenvalue weighted by molar-refractivity contribution is 0.176. The molecule has 1 aromatic carbocycles. The number of benzene rings is 1. The molecule has 5 nitrogen and oxygen atoms in total. The van der Waals surface area contributed by atoms with Crippen LogP contribution in [0.1, 0.15) is 31.2 Å². The summed E-state index contributed by atoms with van der Waals surface area (Å²) >= 11 is 0. The van der Waals surface area contributed by atoms with E-state index in [4.69, 9.17) is 9.47 Å². The third-order valence-electron chi connectivity index (χ3n) is 6.00. The maximum Gasteiger partial charge on any atom is 0.256 e. The fraction of sp³-hybridized carbons (Fsp3) is 0.500. The van der Waals surface area contributed by atoms with Crippen LogP contribution in [0.5, 0.6) is 17.4 Å². The highest BCUT2D eigenvalue weighted by atomic mass is 16.5. The molecule has 1 aliphatic heterocycles. The second-order valence-electron chi connectivity index (χ2n) is 7.95. The largest absolute Gasteiger partial charge is 0.508 e. The van der Waals surface area contributed by atoms with Crippen molar-refractivity contribution in [3.8, 4) is 17.4 Å². The van der Waals surface area contributed by atoms with Gasteiger partial charge in [-0.05, 0) is 60.4 Å². The smallest absolute Gasteiger partial charge is 0.256 e. The van der Waals surface area contributed by atoms with E-state index in [1.54, 1.807) is 25.4 Å². The number of aromatic hydroxyl groups is 1. The predicted octanol–water partition coefficient (Wildman–Crippen LogP) is 3.69. The van der Waals surface area contributed by atoms with Crippen LogP contribution < -0.4 is 9.47 Å². The first-order valence-electron chi connectivity index (χ1n) is 9.79. The number of ether oxygens (including phenoxy) is 2. The molecule has 2 aromatic rings. The van der Waals surface area contributed by atoms with Crippen molar-refractivity contribution in [1.29, 1.82) is 0 Å². The highest BCUT2D eigenvalue weighted by Gasteiger charge is 2.42. The molecular formula is C22H28N2O3. The molecule has 1 aromatic heterocycles. The van der Waals surface area contributed by atoms with Gasteiger partial charge in [-0.2, -0.15) is 0 Å². The number of nitrogens with zero attached hydrogens (tertiary/aromatic N) is 2. The minimum Gasteiger partial charge on any atom is -0.508 e. The van der Waals surface area contributed by atoms with Crippen LogP contribution in [0.2, 0.25) is 0 Å². The number of methoxy groups -OCH3 is 1. The molecule has 0 amide bonds. The summed E-state index contributed by atoms with van der Waals surface area (Å²) in [6, 6.07) is 11.4. The SMILES string of the molecule is COc1ncccc1OC1C[C@@H]2CN(CC(C)c3ccc(O)cc3)C[C@@H]2C1. The minimum atomic E-state index is 0.259. The van der Waals surface area contributed by atoms with Gasteiger partial charge >= 0.3 is 0 Å². The van der Waals surface area contributed by atoms with Crippen LogP contribution in [0.4, 0.5) is 0 Å². The van der Waals surface area contributed by atoms with Crippen molar-refractivity contribution in [2.24, 2.45) is 11.8 Å². The standard InChI is InChI=1S/C22H28N2O3/c1-15(16-5-7-19(25)8-6-16)12-24-13-17-10-20(11-18(17)14-24)27-21-4-3-9-23-22(21)26-2/h3-9,15,17-18,20,25H,10-14H2,1-2H3/t15?,17-,18+,20?. The van der Waals surface area contributed by atoms with Crippen molar-refractivity contribution in [2.75, 3.05) is 26.7 Å². The van der Waals surface area contributed by atoms with Crippen LogP contribution in [0.3, 0.4) is 0 Å². The van der Waals surface area contributed by atoms with Crippen LogP contribution in [-0.2, 0) is 0 Å². The highest BCUT2D eigenvalue weighted by Crippen LogP contribution is 2.41. The Kier molecular flexibility index (Phi) is 5.21. The second-order valence-corrected chi connectivity index (χ2v) is 7.95. The highest BCUT2D eigenvalue weighted by molar-refractivity contribution is 5.32. The lowest BCUT2D eigenvalue weighted by Gasteiger charge is -2.23. The van der Waals surface area contributed by atoms with E-state index in [1.165, 1.54) is 5.56 Å². The third kappa shape index (κ3) is 4.03. The Hall–Kier alpha value is -2.27. The number of likely N-dealkylation sites (tertiary alicyclic amines) is 1. The lowest BCUT2D eigenvalue weighted by atomic mass is 10.0. The zero-order valence-electron chi connectivity index (χ0n) is 16.0. The second kappa shape index (κ2) is 7.77. The zero-order valence-corrected chi connectivity index (χ0v) is 16.0. The number of pyridine rings is 1. The molecule has 2 heterocycles. The average Bonchev–Trinajstić information content (AvgIpc) is 3.20. The Labute approximate surface area is 160 Å². The number of hydrogen-bond donors (Lipinski definition) is 1. The third-order valence-corrected chi connectivity index (χ3v) is 6.00. The predicted molar refractivity (Wildman–Crippen MR) is 104 cm³/mol. The van der Waals surface area contributed by atoms with Gasteiger partial charge in [-0.3, -0.25) is 0 Å². The van der Waals surface area contributed by atoms with E-state index in [1.807, 2.05) is 24.3 Å². The molecule has 144 valence electrons. The van der Waals surface area contributed by atoms with Gasteiger partial charge in [-0.1, -0.05) is 19.1 Å². The van der Waals surface area contributed by atoms with Crippen LogP contribution in [0.15, 0.2) is 42.6 Å². The van der Waals surface area contributed by atoms with Gasteiger partial charge in [0.25, 0.3) is 5.88 Å². The molecule has 0 radical (unpaired) electrons. The number of phenolic OH excluding ortho intramolecular Hbond substituents is 1. The van der Waals surface area contributed by atoms with Crippen molar-refractivity contribution < 1.29 is 14.6 Å². The minimum absolute atomic E-state index is 0.259. The normalized spacial score (nSPS) is 25.9.